The number of rotatable bonds is 7. The van der Waals surface area contributed by atoms with Crippen molar-refractivity contribution in [3.63, 3.8) is 0 Å². The Balaban J connectivity index is 1.62. The van der Waals surface area contributed by atoms with Gasteiger partial charge < -0.3 is 20.5 Å². The first-order valence-electron chi connectivity index (χ1n) is 8.77. The summed E-state index contributed by atoms with van der Waals surface area (Å²) >= 11 is 7.10. The highest BCUT2D eigenvalue weighted by Crippen LogP contribution is 2.27. The van der Waals surface area contributed by atoms with Crippen LogP contribution in [0.15, 0.2) is 53.9 Å². The molecule has 29 heavy (non-hydrogen) atoms. The van der Waals surface area contributed by atoms with Crippen LogP contribution in [0.2, 0.25) is 5.02 Å². The van der Waals surface area contributed by atoms with Crippen molar-refractivity contribution < 1.29 is 19.4 Å². The highest BCUT2D eigenvalue weighted by Gasteiger charge is 2.16. The zero-order valence-electron chi connectivity index (χ0n) is 15.6. The van der Waals surface area contributed by atoms with Gasteiger partial charge in [0, 0.05) is 12.1 Å². The topological polar surface area (TPSA) is 87.7 Å². The Bertz CT molecular complexity index is 1040. The Hall–Kier alpha value is -3.03. The van der Waals surface area contributed by atoms with E-state index in [-0.39, 0.29) is 22.2 Å². The van der Waals surface area contributed by atoms with E-state index in [1.165, 1.54) is 29.5 Å². The van der Waals surface area contributed by atoms with Crippen LogP contribution in [0.3, 0.4) is 0 Å². The Kier molecular flexibility index (Phi) is 6.74. The summed E-state index contributed by atoms with van der Waals surface area (Å²) in [4.78, 5) is 25.0. The lowest BCUT2D eigenvalue weighted by atomic mass is 10.1. The largest absolute Gasteiger partial charge is 0.506 e. The maximum Gasteiger partial charge on any atom is 0.256 e. The molecule has 0 saturated carbocycles. The molecule has 0 aliphatic heterocycles. The lowest BCUT2D eigenvalue weighted by Crippen LogP contribution is -2.26. The summed E-state index contributed by atoms with van der Waals surface area (Å²) in [6.07, 6.45) is 0.619. The highest BCUT2D eigenvalue weighted by atomic mass is 35.5. The van der Waals surface area contributed by atoms with Crippen molar-refractivity contribution in [2.24, 2.45) is 0 Å². The van der Waals surface area contributed by atoms with E-state index in [4.69, 9.17) is 16.3 Å². The lowest BCUT2D eigenvalue weighted by Gasteiger charge is -2.10. The average Bonchev–Trinajstić information content (AvgIpc) is 3.18. The van der Waals surface area contributed by atoms with Gasteiger partial charge in [-0.1, -0.05) is 29.8 Å². The molecule has 1 heterocycles. The molecule has 0 fully saturated rings. The Morgan fingerprint density at radius 2 is 1.93 bits per heavy atom. The number of thiophene rings is 1. The van der Waals surface area contributed by atoms with Crippen LogP contribution in [0.4, 0.5) is 5.00 Å². The zero-order valence-corrected chi connectivity index (χ0v) is 17.1. The van der Waals surface area contributed by atoms with E-state index in [2.05, 4.69) is 10.6 Å². The van der Waals surface area contributed by atoms with Crippen molar-refractivity contribution in [2.45, 2.75) is 6.42 Å². The minimum absolute atomic E-state index is 0.0816. The number of para-hydroxylation sites is 1. The zero-order chi connectivity index (χ0) is 20.8. The van der Waals surface area contributed by atoms with Crippen LogP contribution in [-0.2, 0) is 6.42 Å². The first-order chi connectivity index (χ1) is 14.0. The summed E-state index contributed by atoms with van der Waals surface area (Å²) in [6, 6.07) is 13.5. The Morgan fingerprint density at radius 3 is 2.69 bits per heavy atom. The molecule has 0 aliphatic rings. The number of aromatic hydroxyl groups is 1. The first-order valence-corrected chi connectivity index (χ1v) is 10.0. The second-order valence-electron chi connectivity index (χ2n) is 6.10. The van der Waals surface area contributed by atoms with E-state index in [1.807, 2.05) is 24.3 Å². The van der Waals surface area contributed by atoms with E-state index in [9.17, 15) is 14.7 Å². The van der Waals surface area contributed by atoms with Crippen molar-refractivity contribution >= 4 is 39.8 Å². The fourth-order valence-corrected chi connectivity index (χ4v) is 3.68. The number of carbonyl (C=O) groups is 2. The van der Waals surface area contributed by atoms with Crippen molar-refractivity contribution in [3.05, 3.63) is 75.6 Å². The number of anilines is 1. The van der Waals surface area contributed by atoms with E-state index in [0.717, 1.165) is 11.3 Å². The smallest absolute Gasteiger partial charge is 0.256 e. The van der Waals surface area contributed by atoms with E-state index < -0.39 is 5.91 Å². The second kappa shape index (κ2) is 9.45. The fourth-order valence-electron chi connectivity index (χ4n) is 2.72. The van der Waals surface area contributed by atoms with E-state index >= 15 is 0 Å². The number of methoxy groups -OCH3 is 1. The number of carbonyl (C=O) groups excluding carboxylic acids is 2. The summed E-state index contributed by atoms with van der Waals surface area (Å²) in [6.45, 7) is 0.427. The van der Waals surface area contributed by atoms with Crippen LogP contribution < -0.4 is 15.4 Å². The molecule has 0 aliphatic carbocycles. The fraction of sp³-hybridized carbons (Fsp3) is 0.143. The Morgan fingerprint density at radius 1 is 1.14 bits per heavy atom. The second-order valence-corrected chi connectivity index (χ2v) is 7.42. The lowest BCUT2D eigenvalue weighted by molar-refractivity contribution is 0.0955. The molecule has 0 saturated heterocycles. The summed E-state index contributed by atoms with van der Waals surface area (Å²) in [5.74, 6) is -0.0233. The van der Waals surface area contributed by atoms with Crippen LogP contribution in [0.5, 0.6) is 11.5 Å². The molecule has 8 heteroatoms. The third-order valence-electron chi connectivity index (χ3n) is 4.22. The van der Waals surface area contributed by atoms with Gasteiger partial charge in [0.05, 0.1) is 17.7 Å². The van der Waals surface area contributed by atoms with Crippen LogP contribution >= 0.6 is 22.9 Å². The highest BCUT2D eigenvalue weighted by molar-refractivity contribution is 7.14. The molecule has 3 aromatic rings. The molecular formula is C21H19ClN2O4S. The van der Waals surface area contributed by atoms with Gasteiger partial charge >= 0.3 is 0 Å². The minimum Gasteiger partial charge on any atom is -0.506 e. The predicted molar refractivity (Wildman–Crippen MR) is 114 cm³/mol. The molecule has 2 amide bonds. The molecule has 0 unspecified atom stereocenters. The van der Waals surface area contributed by atoms with Crippen LogP contribution in [-0.4, -0.2) is 30.6 Å². The van der Waals surface area contributed by atoms with Crippen molar-refractivity contribution in [1.29, 1.82) is 0 Å². The molecule has 6 nitrogen and oxygen atoms in total. The molecule has 3 rings (SSSR count). The number of benzene rings is 2. The van der Waals surface area contributed by atoms with Crippen molar-refractivity contribution in [2.75, 3.05) is 19.0 Å². The minimum atomic E-state index is -0.419. The number of hydrogen-bond acceptors (Lipinski definition) is 5. The number of nitrogens with one attached hydrogen (secondary N) is 2. The van der Waals surface area contributed by atoms with Crippen LogP contribution in [0, 0.1) is 0 Å². The molecule has 1 aromatic heterocycles. The number of amides is 2. The van der Waals surface area contributed by atoms with Gasteiger partial charge in [-0.05, 0) is 47.7 Å². The summed E-state index contributed by atoms with van der Waals surface area (Å²) < 4.78 is 5.31. The van der Waals surface area contributed by atoms with Gasteiger partial charge in [0.15, 0.2) is 0 Å². The molecule has 3 N–H and O–H groups in total. The Labute approximate surface area is 177 Å². The number of phenolic OH excluding ortho intramolecular Hbond substituents is 1. The van der Waals surface area contributed by atoms with Crippen LogP contribution in [0.1, 0.15) is 26.3 Å². The van der Waals surface area contributed by atoms with Gasteiger partial charge in [0.1, 0.15) is 16.5 Å². The quantitative estimate of drug-likeness (QED) is 0.520. The maximum atomic E-state index is 12.5. The van der Waals surface area contributed by atoms with Gasteiger partial charge in [-0.25, -0.2) is 0 Å². The molecule has 0 atom stereocenters. The molecule has 150 valence electrons. The van der Waals surface area contributed by atoms with E-state index in [0.29, 0.717) is 23.5 Å². The first kappa shape index (κ1) is 20.7. The third kappa shape index (κ3) is 5.07. The molecule has 0 bridgehead atoms. The molecule has 2 aromatic carbocycles. The monoisotopic (exact) mass is 430 g/mol. The SMILES string of the molecule is COc1ccccc1CCNC(=O)c1ccsc1NC(=O)c1ccc(O)c(Cl)c1. The molecule has 0 radical (unpaired) electrons. The number of hydrogen-bond donors (Lipinski definition) is 3. The summed E-state index contributed by atoms with van der Waals surface area (Å²) in [5.41, 5.74) is 1.66. The number of ether oxygens (including phenoxy) is 1. The predicted octanol–water partition coefficient (Wildman–Crippen LogP) is 4.34. The van der Waals surface area contributed by atoms with Crippen LogP contribution in [0.25, 0.3) is 0 Å². The molecule has 0 spiro atoms. The average molecular weight is 431 g/mol. The van der Waals surface area contributed by atoms with Gasteiger partial charge in [-0.3, -0.25) is 9.59 Å². The summed E-state index contributed by atoms with van der Waals surface area (Å²) in [5, 5.41) is 17.3. The van der Waals surface area contributed by atoms with Gasteiger partial charge in [-0.15, -0.1) is 11.3 Å². The van der Waals surface area contributed by atoms with Gasteiger partial charge in [-0.2, -0.15) is 0 Å². The normalized spacial score (nSPS) is 10.4. The molecular weight excluding hydrogens is 412 g/mol. The third-order valence-corrected chi connectivity index (χ3v) is 5.35. The standard InChI is InChI=1S/C21H19ClN2O4S/c1-28-18-5-3-2-4-13(18)8-10-23-20(27)15-9-11-29-21(15)24-19(26)14-6-7-17(25)16(22)12-14/h2-7,9,11-12,25H,8,10H2,1H3,(H,23,27)(H,24,26). The van der Waals surface area contributed by atoms with Gasteiger partial charge in [0.2, 0.25) is 0 Å². The number of halogens is 1. The van der Waals surface area contributed by atoms with Crippen molar-refractivity contribution in [1.82, 2.24) is 5.32 Å². The van der Waals surface area contributed by atoms with E-state index in [1.54, 1.807) is 18.6 Å². The van der Waals surface area contributed by atoms with Crippen molar-refractivity contribution in [3.8, 4) is 11.5 Å². The maximum absolute atomic E-state index is 12.5. The summed E-state index contributed by atoms with van der Waals surface area (Å²) in [7, 11) is 1.61. The van der Waals surface area contributed by atoms with Gasteiger partial charge in [0.25, 0.3) is 11.8 Å². The number of phenols is 1.